The Balaban J connectivity index is 2.90. The van der Waals surface area contributed by atoms with E-state index in [4.69, 9.17) is 0 Å². The van der Waals surface area contributed by atoms with Crippen LogP contribution < -0.4 is 5.32 Å². The fraction of sp³-hybridized carbons (Fsp3) is 0.636. The number of sulfone groups is 1. The maximum Gasteiger partial charge on any atom is 0.244 e. The third-order valence-electron chi connectivity index (χ3n) is 2.71. The predicted octanol–water partition coefficient (Wildman–Crippen LogP) is 0.523. The molecule has 0 saturated carbocycles. The molecule has 0 aliphatic rings. The third kappa shape index (κ3) is 4.81. The highest BCUT2D eigenvalue weighted by atomic mass is 32.2. The zero-order chi connectivity index (χ0) is 15.4. The first kappa shape index (κ1) is 17.6. The molecule has 0 saturated heterocycles. The summed E-state index contributed by atoms with van der Waals surface area (Å²) < 4.78 is 48.2. The molecular formula is C11H20N2O4S3. The third-order valence-corrected chi connectivity index (χ3v) is 6.62. The fourth-order valence-electron chi connectivity index (χ4n) is 1.51. The molecule has 1 heterocycles. The van der Waals surface area contributed by atoms with E-state index >= 15 is 0 Å². The van der Waals surface area contributed by atoms with Crippen LogP contribution in [0.5, 0.6) is 0 Å². The molecule has 0 atom stereocenters. The Morgan fingerprint density at radius 3 is 2.50 bits per heavy atom. The lowest BCUT2D eigenvalue weighted by Gasteiger charge is -2.17. The van der Waals surface area contributed by atoms with Gasteiger partial charge < -0.3 is 5.32 Å². The molecule has 9 heteroatoms. The van der Waals surface area contributed by atoms with E-state index < -0.39 is 19.9 Å². The van der Waals surface area contributed by atoms with Crippen molar-refractivity contribution in [3.8, 4) is 0 Å². The van der Waals surface area contributed by atoms with Crippen molar-refractivity contribution >= 4 is 31.2 Å². The van der Waals surface area contributed by atoms with Crippen molar-refractivity contribution in [1.29, 1.82) is 0 Å². The van der Waals surface area contributed by atoms with E-state index in [1.54, 1.807) is 11.4 Å². The summed E-state index contributed by atoms with van der Waals surface area (Å²) in [5, 5.41) is 4.82. The number of thiophene rings is 1. The van der Waals surface area contributed by atoms with Gasteiger partial charge in [0.1, 0.15) is 9.84 Å². The zero-order valence-corrected chi connectivity index (χ0v) is 14.2. The van der Waals surface area contributed by atoms with Crippen LogP contribution in [0.4, 0.5) is 0 Å². The van der Waals surface area contributed by atoms with Gasteiger partial charge in [0, 0.05) is 31.3 Å². The molecule has 0 fully saturated rings. The first-order chi connectivity index (χ1) is 9.18. The summed E-state index contributed by atoms with van der Waals surface area (Å²) in [6, 6.07) is 1.56. The second kappa shape index (κ2) is 6.99. The quantitative estimate of drug-likeness (QED) is 0.746. The zero-order valence-electron chi connectivity index (χ0n) is 11.8. The molecule has 1 aromatic heterocycles. The van der Waals surface area contributed by atoms with Gasteiger partial charge in [0.2, 0.25) is 10.0 Å². The van der Waals surface area contributed by atoms with Crippen molar-refractivity contribution in [2.45, 2.75) is 18.4 Å². The van der Waals surface area contributed by atoms with Gasteiger partial charge in [-0.1, -0.05) is 6.92 Å². The van der Waals surface area contributed by atoms with Crippen molar-refractivity contribution in [3.05, 3.63) is 16.3 Å². The summed E-state index contributed by atoms with van der Waals surface area (Å²) >= 11 is 1.37. The molecule has 0 bridgehead atoms. The molecule has 1 aromatic rings. The van der Waals surface area contributed by atoms with Gasteiger partial charge in [-0.25, -0.2) is 16.8 Å². The van der Waals surface area contributed by atoms with Gasteiger partial charge in [-0.15, -0.1) is 11.3 Å². The first-order valence-corrected chi connectivity index (χ1v) is 10.5. The second-order valence-electron chi connectivity index (χ2n) is 4.44. The van der Waals surface area contributed by atoms with E-state index in [-0.39, 0.29) is 17.2 Å². The van der Waals surface area contributed by atoms with E-state index in [1.807, 2.05) is 6.92 Å². The standard InChI is InChI=1S/C11H20N2O4S3/c1-4-12-9-10-11(5-7-18-10)20(16,17)13(2)6-8-19(3,14)15/h5,7,12H,4,6,8-9H2,1-3H3. The van der Waals surface area contributed by atoms with Gasteiger partial charge in [-0.05, 0) is 18.0 Å². The minimum Gasteiger partial charge on any atom is -0.312 e. The second-order valence-corrected chi connectivity index (χ2v) is 9.72. The van der Waals surface area contributed by atoms with E-state index in [1.165, 1.54) is 18.4 Å². The largest absolute Gasteiger partial charge is 0.312 e. The van der Waals surface area contributed by atoms with E-state index in [0.717, 1.165) is 22.0 Å². The van der Waals surface area contributed by atoms with Crippen molar-refractivity contribution < 1.29 is 16.8 Å². The summed E-state index contributed by atoms with van der Waals surface area (Å²) in [7, 11) is -5.43. The molecule has 20 heavy (non-hydrogen) atoms. The lowest BCUT2D eigenvalue weighted by atomic mass is 10.4. The lowest BCUT2D eigenvalue weighted by Crippen LogP contribution is -2.32. The highest BCUT2D eigenvalue weighted by molar-refractivity contribution is 7.91. The molecule has 0 radical (unpaired) electrons. The van der Waals surface area contributed by atoms with Gasteiger partial charge in [-0.2, -0.15) is 4.31 Å². The monoisotopic (exact) mass is 340 g/mol. The topological polar surface area (TPSA) is 83.6 Å². The van der Waals surface area contributed by atoms with E-state index in [0.29, 0.717) is 6.54 Å². The molecular weight excluding hydrogens is 320 g/mol. The van der Waals surface area contributed by atoms with Gasteiger partial charge in [0.05, 0.1) is 10.6 Å². The highest BCUT2D eigenvalue weighted by Crippen LogP contribution is 2.24. The fourth-order valence-corrected chi connectivity index (χ4v) is 4.78. The van der Waals surface area contributed by atoms with Gasteiger partial charge >= 0.3 is 0 Å². The molecule has 0 aliphatic carbocycles. The van der Waals surface area contributed by atoms with Gasteiger partial charge in [-0.3, -0.25) is 0 Å². The van der Waals surface area contributed by atoms with Crippen LogP contribution >= 0.6 is 11.3 Å². The number of hydrogen-bond acceptors (Lipinski definition) is 6. The molecule has 0 amide bonds. The number of sulfonamides is 1. The Morgan fingerprint density at radius 1 is 1.30 bits per heavy atom. The van der Waals surface area contributed by atoms with Crippen molar-refractivity contribution in [1.82, 2.24) is 9.62 Å². The van der Waals surface area contributed by atoms with Crippen molar-refractivity contribution in [2.24, 2.45) is 0 Å². The number of nitrogens with one attached hydrogen (secondary N) is 1. The summed E-state index contributed by atoms with van der Waals surface area (Å²) in [6.45, 7) is 3.14. The SMILES string of the molecule is CCNCc1sccc1S(=O)(=O)N(C)CCS(C)(=O)=O. The molecule has 6 nitrogen and oxygen atoms in total. The molecule has 1 N–H and O–H groups in total. The molecule has 1 rings (SSSR count). The van der Waals surface area contributed by atoms with Crippen LogP contribution in [-0.4, -0.2) is 53.3 Å². The van der Waals surface area contributed by atoms with Crippen LogP contribution in [0, 0.1) is 0 Å². The van der Waals surface area contributed by atoms with E-state index in [9.17, 15) is 16.8 Å². The maximum absolute atomic E-state index is 12.4. The first-order valence-electron chi connectivity index (χ1n) is 6.09. The Kier molecular flexibility index (Phi) is 6.14. The molecule has 116 valence electrons. The lowest BCUT2D eigenvalue weighted by molar-refractivity contribution is 0.484. The molecule has 0 unspecified atom stereocenters. The Labute approximate surface area is 124 Å². The minimum absolute atomic E-state index is 0.0440. The highest BCUT2D eigenvalue weighted by Gasteiger charge is 2.25. The minimum atomic E-state index is -3.64. The summed E-state index contributed by atoms with van der Waals surface area (Å²) in [5.41, 5.74) is 0. The number of hydrogen-bond donors (Lipinski definition) is 1. The van der Waals surface area contributed by atoms with Crippen molar-refractivity contribution in [2.75, 3.05) is 32.1 Å². The summed E-state index contributed by atoms with van der Waals surface area (Å²) in [4.78, 5) is 0.984. The van der Waals surface area contributed by atoms with Crippen molar-refractivity contribution in [3.63, 3.8) is 0 Å². The average Bonchev–Trinajstić information content (AvgIpc) is 2.81. The van der Waals surface area contributed by atoms with Crippen LogP contribution in [0.15, 0.2) is 16.3 Å². The predicted molar refractivity (Wildman–Crippen MR) is 81.2 cm³/mol. The van der Waals surface area contributed by atoms with Crippen LogP contribution in [0.2, 0.25) is 0 Å². The van der Waals surface area contributed by atoms with E-state index in [2.05, 4.69) is 5.32 Å². The van der Waals surface area contributed by atoms with Crippen LogP contribution in [0.3, 0.4) is 0 Å². The Morgan fingerprint density at radius 2 is 1.95 bits per heavy atom. The summed E-state index contributed by atoms with van der Waals surface area (Å²) in [6.07, 6.45) is 1.09. The molecule has 0 aliphatic heterocycles. The molecule has 0 spiro atoms. The number of nitrogens with zero attached hydrogens (tertiary/aromatic N) is 1. The summed E-state index contributed by atoms with van der Waals surface area (Å²) in [5.74, 6) is -0.185. The van der Waals surface area contributed by atoms with Crippen LogP contribution in [0.25, 0.3) is 0 Å². The van der Waals surface area contributed by atoms with Crippen LogP contribution in [-0.2, 0) is 26.4 Å². The van der Waals surface area contributed by atoms with Crippen LogP contribution in [0.1, 0.15) is 11.8 Å². The van der Waals surface area contributed by atoms with Gasteiger partial charge in [0.25, 0.3) is 0 Å². The average molecular weight is 340 g/mol. The smallest absolute Gasteiger partial charge is 0.244 e. The number of rotatable bonds is 8. The normalized spacial score (nSPS) is 13.0. The molecule has 0 aromatic carbocycles. The Hall–Kier alpha value is -0.480. The van der Waals surface area contributed by atoms with Gasteiger partial charge in [0.15, 0.2) is 0 Å². The Bertz CT molecular complexity index is 634. The maximum atomic E-state index is 12.4.